The summed E-state index contributed by atoms with van der Waals surface area (Å²) in [7, 11) is 0. The van der Waals surface area contributed by atoms with E-state index in [1.54, 1.807) is 17.5 Å². The number of rotatable bonds is 3. The highest BCUT2D eigenvalue weighted by molar-refractivity contribution is 7.13. The fourth-order valence-electron chi connectivity index (χ4n) is 2.81. The monoisotopic (exact) mass is 337 g/mol. The van der Waals surface area contributed by atoms with Crippen molar-refractivity contribution in [2.75, 3.05) is 5.32 Å². The van der Waals surface area contributed by atoms with Gasteiger partial charge < -0.3 is 11.1 Å². The molecule has 0 radical (unpaired) electrons. The molecule has 6 heteroatoms. The van der Waals surface area contributed by atoms with Gasteiger partial charge in [0, 0.05) is 34.8 Å². The minimum absolute atomic E-state index is 0. The van der Waals surface area contributed by atoms with E-state index in [2.05, 4.69) is 10.3 Å². The summed E-state index contributed by atoms with van der Waals surface area (Å²) < 4.78 is 0. The predicted molar refractivity (Wildman–Crippen MR) is 93.4 cm³/mol. The van der Waals surface area contributed by atoms with Gasteiger partial charge in [-0.2, -0.15) is 0 Å². The van der Waals surface area contributed by atoms with Gasteiger partial charge in [-0.15, -0.1) is 23.7 Å². The van der Waals surface area contributed by atoms with Crippen LogP contribution in [0.5, 0.6) is 0 Å². The number of aromatic nitrogens is 1. The first-order chi connectivity index (χ1) is 10.2. The van der Waals surface area contributed by atoms with Gasteiger partial charge in [-0.1, -0.05) is 18.6 Å². The standard InChI is InChI=1S/C16H19N3OS.ClH/c17-13-5-1-3-11(9-13)15(20)19-14-6-2-4-12(10-14)16-18-7-8-21-16;/h2,4,6-8,10-11,13H,1,3,5,9,17H2,(H,19,20);1H. The summed E-state index contributed by atoms with van der Waals surface area (Å²) in [6, 6.07) is 8.00. The van der Waals surface area contributed by atoms with Crippen molar-refractivity contribution in [1.29, 1.82) is 0 Å². The summed E-state index contributed by atoms with van der Waals surface area (Å²) in [5, 5.41) is 5.93. The molecular weight excluding hydrogens is 318 g/mol. The molecule has 2 atom stereocenters. The number of benzene rings is 1. The smallest absolute Gasteiger partial charge is 0.227 e. The first kappa shape index (κ1) is 16.9. The molecule has 1 saturated carbocycles. The van der Waals surface area contributed by atoms with Crippen LogP contribution >= 0.6 is 23.7 Å². The van der Waals surface area contributed by atoms with Crippen molar-refractivity contribution in [3.05, 3.63) is 35.8 Å². The average Bonchev–Trinajstić information content (AvgIpc) is 3.02. The molecule has 1 aromatic carbocycles. The molecule has 1 amide bonds. The first-order valence-corrected chi connectivity index (χ1v) is 8.17. The van der Waals surface area contributed by atoms with Crippen LogP contribution in [0.4, 0.5) is 5.69 Å². The molecule has 1 aromatic heterocycles. The summed E-state index contributed by atoms with van der Waals surface area (Å²) >= 11 is 1.59. The molecular formula is C16H20ClN3OS. The lowest BCUT2D eigenvalue weighted by atomic mass is 9.85. The fourth-order valence-corrected chi connectivity index (χ4v) is 3.44. The number of carbonyl (C=O) groups is 1. The van der Waals surface area contributed by atoms with Gasteiger partial charge in [0.15, 0.2) is 0 Å². The number of halogens is 1. The van der Waals surface area contributed by atoms with Crippen LogP contribution in [0.25, 0.3) is 10.6 Å². The van der Waals surface area contributed by atoms with Crippen LogP contribution in [0.15, 0.2) is 35.8 Å². The minimum Gasteiger partial charge on any atom is -0.328 e. The quantitative estimate of drug-likeness (QED) is 0.897. The zero-order valence-electron chi connectivity index (χ0n) is 12.2. The third kappa shape index (κ3) is 4.06. The van der Waals surface area contributed by atoms with E-state index in [0.717, 1.165) is 41.9 Å². The molecule has 3 N–H and O–H groups in total. The molecule has 1 aliphatic carbocycles. The Morgan fingerprint density at radius 3 is 2.95 bits per heavy atom. The SMILES string of the molecule is Cl.NC1CCCC(C(=O)Nc2cccc(-c3nccs3)c2)C1. The second-order valence-electron chi connectivity index (χ2n) is 5.53. The van der Waals surface area contributed by atoms with Gasteiger partial charge in [0.2, 0.25) is 5.91 Å². The Labute approximate surface area is 140 Å². The van der Waals surface area contributed by atoms with Crippen molar-refractivity contribution in [1.82, 2.24) is 4.98 Å². The fraction of sp³-hybridized carbons (Fsp3) is 0.375. The summed E-state index contributed by atoms with van der Waals surface area (Å²) in [5.41, 5.74) is 7.81. The number of anilines is 1. The van der Waals surface area contributed by atoms with Crippen LogP contribution in [0.3, 0.4) is 0 Å². The molecule has 0 bridgehead atoms. The Morgan fingerprint density at radius 1 is 1.36 bits per heavy atom. The summed E-state index contributed by atoms with van der Waals surface area (Å²) in [5.74, 6) is 0.124. The van der Waals surface area contributed by atoms with E-state index in [1.807, 2.05) is 29.6 Å². The zero-order chi connectivity index (χ0) is 14.7. The van der Waals surface area contributed by atoms with E-state index in [1.165, 1.54) is 0 Å². The Hall–Kier alpha value is -1.43. The first-order valence-electron chi connectivity index (χ1n) is 7.29. The maximum Gasteiger partial charge on any atom is 0.227 e. The highest BCUT2D eigenvalue weighted by atomic mass is 35.5. The lowest BCUT2D eigenvalue weighted by molar-refractivity contribution is -0.120. The van der Waals surface area contributed by atoms with Crippen LogP contribution < -0.4 is 11.1 Å². The average molecular weight is 338 g/mol. The van der Waals surface area contributed by atoms with E-state index in [4.69, 9.17) is 5.73 Å². The highest BCUT2D eigenvalue weighted by Gasteiger charge is 2.25. The van der Waals surface area contributed by atoms with E-state index >= 15 is 0 Å². The Morgan fingerprint density at radius 2 is 2.23 bits per heavy atom. The number of thiazole rings is 1. The molecule has 0 spiro atoms. The lowest BCUT2D eigenvalue weighted by Crippen LogP contribution is -2.34. The normalized spacial score (nSPS) is 21.0. The van der Waals surface area contributed by atoms with Crippen molar-refractivity contribution < 1.29 is 4.79 Å². The van der Waals surface area contributed by atoms with Crippen LogP contribution in [0.1, 0.15) is 25.7 Å². The lowest BCUT2D eigenvalue weighted by Gasteiger charge is -2.25. The van der Waals surface area contributed by atoms with Crippen molar-refractivity contribution in [3.8, 4) is 10.6 Å². The number of nitrogens with two attached hydrogens (primary N) is 1. The summed E-state index contributed by atoms with van der Waals surface area (Å²) in [4.78, 5) is 16.6. The molecule has 0 saturated heterocycles. The predicted octanol–water partition coefficient (Wildman–Crippen LogP) is 3.69. The maximum absolute atomic E-state index is 12.3. The van der Waals surface area contributed by atoms with Gasteiger partial charge in [-0.3, -0.25) is 4.79 Å². The molecule has 2 aromatic rings. The molecule has 2 unspecified atom stereocenters. The largest absolute Gasteiger partial charge is 0.328 e. The molecule has 22 heavy (non-hydrogen) atoms. The van der Waals surface area contributed by atoms with Crippen LogP contribution in [-0.4, -0.2) is 16.9 Å². The molecule has 1 fully saturated rings. The van der Waals surface area contributed by atoms with Gasteiger partial charge in [0.1, 0.15) is 5.01 Å². The maximum atomic E-state index is 12.3. The molecule has 0 aliphatic heterocycles. The van der Waals surface area contributed by atoms with Gasteiger partial charge >= 0.3 is 0 Å². The van der Waals surface area contributed by atoms with Crippen LogP contribution in [0, 0.1) is 5.92 Å². The number of amides is 1. The number of nitrogens with one attached hydrogen (secondary N) is 1. The molecule has 4 nitrogen and oxygen atoms in total. The van der Waals surface area contributed by atoms with E-state index < -0.39 is 0 Å². The second kappa shape index (κ2) is 7.72. The molecule has 1 aliphatic rings. The Kier molecular flexibility index (Phi) is 5.94. The number of carbonyl (C=O) groups excluding carboxylic acids is 1. The highest BCUT2D eigenvalue weighted by Crippen LogP contribution is 2.27. The van der Waals surface area contributed by atoms with Gasteiger partial charge in [-0.25, -0.2) is 4.98 Å². The topological polar surface area (TPSA) is 68.0 Å². The number of hydrogen-bond acceptors (Lipinski definition) is 4. The molecule has 1 heterocycles. The third-order valence-electron chi connectivity index (χ3n) is 3.89. The van der Waals surface area contributed by atoms with Gasteiger partial charge in [0.25, 0.3) is 0 Å². The summed E-state index contributed by atoms with van der Waals surface area (Å²) in [6.45, 7) is 0. The van der Waals surface area contributed by atoms with Crippen molar-refractivity contribution in [3.63, 3.8) is 0 Å². The third-order valence-corrected chi connectivity index (χ3v) is 4.72. The Bertz CT molecular complexity index is 618. The Balaban J connectivity index is 0.00000176. The van der Waals surface area contributed by atoms with Crippen LogP contribution in [0.2, 0.25) is 0 Å². The zero-order valence-corrected chi connectivity index (χ0v) is 13.8. The summed E-state index contributed by atoms with van der Waals surface area (Å²) in [6.07, 6.45) is 5.58. The van der Waals surface area contributed by atoms with Crippen molar-refractivity contribution in [2.24, 2.45) is 11.7 Å². The van der Waals surface area contributed by atoms with Crippen molar-refractivity contribution in [2.45, 2.75) is 31.7 Å². The second-order valence-corrected chi connectivity index (χ2v) is 6.43. The van der Waals surface area contributed by atoms with Gasteiger partial charge in [0.05, 0.1) is 0 Å². The number of hydrogen-bond donors (Lipinski definition) is 2. The minimum atomic E-state index is 0. The van der Waals surface area contributed by atoms with E-state index in [-0.39, 0.29) is 30.3 Å². The number of nitrogens with zero attached hydrogens (tertiary/aromatic N) is 1. The van der Waals surface area contributed by atoms with E-state index in [9.17, 15) is 4.79 Å². The van der Waals surface area contributed by atoms with Gasteiger partial charge in [-0.05, 0) is 31.4 Å². The molecule has 3 rings (SSSR count). The van der Waals surface area contributed by atoms with E-state index in [0.29, 0.717) is 0 Å². The van der Waals surface area contributed by atoms with Crippen LogP contribution in [-0.2, 0) is 4.79 Å². The van der Waals surface area contributed by atoms with Crippen molar-refractivity contribution >= 4 is 35.3 Å². The molecule has 118 valence electrons.